The lowest BCUT2D eigenvalue weighted by Gasteiger charge is -2.06. The first-order chi connectivity index (χ1) is 8.54. The highest BCUT2D eigenvalue weighted by molar-refractivity contribution is 14.1. The molecule has 5 heteroatoms. The molecule has 18 heavy (non-hydrogen) atoms. The SMILES string of the molecule is CNS(=O)(=O)c1ccc(-c2ccccc2I)cc1. The van der Waals surface area contributed by atoms with Crippen molar-refractivity contribution in [2.24, 2.45) is 0 Å². The Kier molecular flexibility index (Phi) is 4.04. The van der Waals surface area contributed by atoms with Gasteiger partial charge < -0.3 is 0 Å². The van der Waals surface area contributed by atoms with Gasteiger partial charge in [-0.15, -0.1) is 0 Å². The van der Waals surface area contributed by atoms with Gasteiger partial charge in [-0.2, -0.15) is 0 Å². The van der Waals surface area contributed by atoms with Crippen LogP contribution in [0, 0.1) is 3.57 Å². The van der Waals surface area contributed by atoms with Gasteiger partial charge in [-0.1, -0.05) is 30.3 Å². The lowest BCUT2D eigenvalue weighted by atomic mass is 10.1. The van der Waals surface area contributed by atoms with Gasteiger partial charge in [-0.3, -0.25) is 0 Å². The first-order valence-electron chi connectivity index (χ1n) is 5.33. The van der Waals surface area contributed by atoms with Crippen molar-refractivity contribution >= 4 is 32.6 Å². The summed E-state index contributed by atoms with van der Waals surface area (Å²) in [6, 6.07) is 14.9. The minimum atomic E-state index is -3.36. The van der Waals surface area contributed by atoms with Gasteiger partial charge in [0.1, 0.15) is 0 Å². The lowest BCUT2D eigenvalue weighted by molar-refractivity contribution is 0.588. The van der Waals surface area contributed by atoms with Gasteiger partial charge in [-0.25, -0.2) is 13.1 Å². The van der Waals surface area contributed by atoms with Crippen LogP contribution in [-0.4, -0.2) is 15.5 Å². The van der Waals surface area contributed by atoms with E-state index in [0.717, 1.165) is 14.7 Å². The van der Waals surface area contributed by atoms with E-state index in [0.29, 0.717) is 0 Å². The summed E-state index contributed by atoms with van der Waals surface area (Å²) in [7, 11) is -1.95. The topological polar surface area (TPSA) is 46.2 Å². The molecule has 0 fully saturated rings. The van der Waals surface area contributed by atoms with Crippen molar-refractivity contribution in [1.82, 2.24) is 4.72 Å². The molecule has 0 aliphatic carbocycles. The summed E-state index contributed by atoms with van der Waals surface area (Å²) in [6.07, 6.45) is 0. The molecule has 94 valence electrons. The number of halogens is 1. The van der Waals surface area contributed by atoms with Gasteiger partial charge in [0.25, 0.3) is 0 Å². The third kappa shape index (κ3) is 2.73. The third-order valence-corrected chi connectivity index (χ3v) is 4.99. The van der Waals surface area contributed by atoms with Crippen LogP contribution in [0.25, 0.3) is 11.1 Å². The molecular weight excluding hydrogens is 361 g/mol. The molecular formula is C13H12INO2S. The summed E-state index contributed by atoms with van der Waals surface area (Å²) in [4.78, 5) is 0.277. The molecule has 0 heterocycles. The second-order valence-corrected chi connectivity index (χ2v) is 6.76. The van der Waals surface area contributed by atoms with Gasteiger partial charge in [-0.05, 0) is 59.0 Å². The van der Waals surface area contributed by atoms with Crippen LogP contribution in [-0.2, 0) is 10.0 Å². The van der Waals surface area contributed by atoms with E-state index in [1.807, 2.05) is 36.4 Å². The zero-order valence-corrected chi connectivity index (χ0v) is 12.7. The van der Waals surface area contributed by atoms with Crippen LogP contribution < -0.4 is 4.72 Å². The van der Waals surface area contributed by atoms with E-state index in [-0.39, 0.29) is 4.90 Å². The van der Waals surface area contributed by atoms with Crippen LogP contribution in [0.15, 0.2) is 53.4 Å². The molecule has 0 aromatic heterocycles. The van der Waals surface area contributed by atoms with Gasteiger partial charge in [0, 0.05) is 3.57 Å². The molecule has 0 spiro atoms. The van der Waals surface area contributed by atoms with E-state index in [2.05, 4.69) is 27.3 Å². The van der Waals surface area contributed by atoms with E-state index in [1.165, 1.54) is 7.05 Å². The predicted molar refractivity (Wildman–Crippen MR) is 80.8 cm³/mol. The molecule has 2 rings (SSSR count). The fourth-order valence-corrected chi connectivity index (χ4v) is 3.06. The number of hydrogen-bond donors (Lipinski definition) is 1. The molecule has 3 nitrogen and oxygen atoms in total. The molecule has 2 aromatic rings. The number of nitrogens with one attached hydrogen (secondary N) is 1. The van der Waals surface area contributed by atoms with Crippen LogP contribution in [0.1, 0.15) is 0 Å². The fraction of sp³-hybridized carbons (Fsp3) is 0.0769. The maximum absolute atomic E-state index is 11.6. The Balaban J connectivity index is 2.43. The van der Waals surface area contributed by atoms with Crippen molar-refractivity contribution < 1.29 is 8.42 Å². The number of benzene rings is 2. The average molecular weight is 373 g/mol. The van der Waals surface area contributed by atoms with Crippen molar-refractivity contribution in [3.8, 4) is 11.1 Å². The standard InChI is InChI=1S/C13H12INO2S/c1-15-18(16,17)11-8-6-10(7-9-11)12-4-2-3-5-13(12)14/h2-9,15H,1H3. The quantitative estimate of drug-likeness (QED) is 0.842. The highest BCUT2D eigenvalue weighted by atomic mass is 127. The number of hydrogen-bond acceptors (Lipinski definition) is 2. The molecule has 0 bridgehead atoms. The lowest BCUT2D eigenvalue weighted by Crippen LogP contribution is -2.18. The monoisotopic (exact) mass is 373 g/mol. The number of rotatable bonds is 3. The van der Waals surface area contributed by atoms with Crippen LogP contribution in [0.4, 0.5) is 0 Å². The molecule has 0 amide bonds. The van der Waals surface area contributed by atoms with Crippen molar-refractivity contribution in [3.63, 3.8) is 0 Å². The molecule has 0 radical (unpaired) electrons. The Morgan fingerprint density at radius 1 is 1.00 bits per heavy atom. The Labute approximate surface area is 120 Å². The first-order valence-corrected chi connectivity index (χ1v) is 7.89. The third-order valence-electron chi connectivity index (χ3n) is 2.62. The van der Waals surface area contributed by atoms with Crippen molar-refractivity contribution in [2.75, 3.05) is 7.05 Å². The van der Waals surface area contributed by atoms with E-state index < -0.39 is 10.0 Å². The predicted octanol–water partition coefficient (Wildman–Crippen LogP) is 2.87. The molecule has 0 aliphatic heterocycles. The summed E-state index contributed by atoms with van der Waals surface area (Å²) in [5.41, 5.74) is 2.11. The summed E-state index contributed by atoms with van der Waals surface area (Å²) < 4.78 is 26.6. The zero-order chi connectivity index (χ0) is 13.2. The molecule has 0 aliphatic rings. The Bertz CT molecular complexity index is 651. The number of sulfonamides is 1. The summed E-state index contributed by atoms with van der Waals surface area (Å²) in [5, 5.41) is 0. The second-order valence-electron chi connectivity index (χ2n) is 3.71. The Hall–Kier alpha value is -0.920. The highest BCUT2D eigenvalue weighted by Gasteiger charge is 2.11. The fourth-order valence-electron chi connectivity index (χ4n) is 1.63. The normalized spacial score (nSPS) is 11.4. The smallest absolute Gasteiger partial charge is 0.214 e. The van der Waals surface area contributed by atoms with Gasteiger partial charge in [0.15, 0.2) is 0 Å². The maximum atomic E-state index is 11.6. The molecule has 2 aromatic carbocycles. The van der Waals surface area contributed by atoms with E-state index in [4.69, 9.17) is 0 Å². The van der Waals surface area contributed by atoms with Crippen molar-refractivity contribution in [1.29, 1.82) is 0 Å². The van der Waals surface area contributed by atoms with Gasteiger partial charge in [0.2, 0.25) is 10.0 Å². The molecule has 0 saturated carbocycles. The highest BCUT2D eigenvalue weighted by Crippen LogP contribution is 2.25. The van der Waals surface area contributed by atoms with E-state index in [1.54, 1.807) is 12.1 Å². The van der Waals surface area contributed by atoms with Crippen molar-refractivity contribution in [3.05, 3.63) is 52.1 Å². The first kappa shape index (κ1) is 13.5. The van der Waals surface area contributed by atoms with Crippen LogP contribution >= 0.6 is 22.6 Å². The van der Waals surface area contributed by atoms with Crippen LogP contribution in [0.2, 0.25) is 0 Å². The molecule has 0 atom stereocenters. The molecule has 1 N–H and O–H groups in total. The van der Waals surface area contributed by atoms with Gasteiger partial charge >= 0.3 is 0 Å². The largest absolute Gasteiger partial charge is 0.240 e. The Morgan fingerprint density at radius 3 is 2.17 bits per heavy atom. The van der Waals surface area contributed by atoms with Crippen LogP contribution in [0.5, 0.6) is 0 Å². The zero-order valence-electron chi connectivity index (χ0n) is 9.72. The maximum Gasteiger partial charge on any atom is 0.240 e. The van der Waals surface area contributed by atoms with Crippen LogP contribution in [0.3, 0.4) is 0 Å². The molecule has 0 saturated heterocycles. The minimum absolute atomic E-state index is 0.277. The van der Waals surface area contributed by atoms with E-state index in [9.17, 15) is 8.42 Å². The Morgan fingerprint density at radius 2 is 1.61 bits per heavy atom. The average Bonchev–Trinajstić information content (AvgIpc) is 2.39. The van der Waals surface area contributed by atoms with Crippen molar-refractivity contribution in [2.45, 2.75) is 4.90 Å². The van der Waals surface area contributed by atoms with Gasteiger partial charge in [0.05, 0.1) is 4.90 Å². The van der Waals surface area contributed by atoms with E-state index >= 15 is 0 Å². The summed E-state index contributed by atoms with van der Waals surface area (Å²) >= 11 is 2.27. The summed E-state index contributed by atoms with van der Waals surface area (Å²) in [6.45, 7) is 0. The minimum Gasteiger partial charge on any atom is -0.214 e. The molecule has 0 unspecified atom stereocenters. The summed E-state index contributed by atoms with van der Waals surface area (Å²) in [5.74, 6) is 0. The second kappa shape index (κ2) is 5.38.